The largest absolute Gasteiger partial charge is 0.493 e. The second-order valence-corrected chi connectivity index (χ2v) is 6.15. The maximum atomic E-state index is 11.9. The highest BCUT2D eigenvalue weighted by molar-refractivity contribution is 9.10. The summed E-state index contributed by atoms with van der Waals surface area (Å²) in [6.45, 7) is 3.08. The molecule has 1 saturated heterocycles. The summed E-state index contributed by atoms with van der Waals surface area (Å²) < 4.78 is 6.48. The quantitative estimate of drug-likeness (QED) is 0.850. The van der Waals surface area contributed by atoms with Gasteiger partial charge in [-0.25, -0.2) is 0 Å². The van der Waals surface area contributed by atoms with Gasteiger partial charge in [0.05, 0.1) is 18.9 Å². The molecule has 1 atom stereocenters. The van der Waals surface area contributed by atoms with Crippen LogP contribution in [0.4, 0.5) is 0 Å². The monoisotopic (exact) mass is 355 g/mol. The Labute approximate surface area is 132 Å². The summed E-state index contributed by atoms with van der Waals surface area (Å²) >= 11 is 3.34. The van der Waals surface area contributed by atoms with Crippen molar-refractivity contribution >= 4 is 27.8 Å². The third-order valence-corrected chi connectivity index (χ3v) is 4.29. The van der Waals surface area contributed by atoms with E-state index < -0.39 is 11.9 Å². The van der Waals surface area contributed by atoms with Crippen molar-refractivity contribution in [2.75, 3.05) is 19.7 Å². The zero-order valence-electron chi connectivity index (χ0n) is 11.8. The van der Waals surface area contributed by atoms with Gasteiger partial charge >= 0.3 is 5.97 Å². The third-order valence-electron chi connectivity index (χ3n) is 3.76. The average molecular weight is 356 g/mol. The second kappa shape index (κ2) is 6.93. The Bertz CT molecular complexity index is 511. The molecule has 1 aliphatic heterocycles. The van der Waals surface area contributed by atoms with Crippen LogP contribution in [0.25, 0.3) is 0 Å². The fourth-order valence-electron chi connectivity index (χ4n) is 2.18. The molecule has 1 aliphatic rings. The molecule has 0 aromatic heterocycles. The van der Waals surface area contributed by atoms with Crippen LogP contribution in [0.1, 0.15) is 13.3 Å². The number of nitrogens with zero attached hydrogens (tertiary/aromatic N) is 1. The summed E-state index contributed by atoms with van der Waals surface area (Å²) in [4.78, 5) is 24.4. The smallest absolute Gasteiger partial charge is 0.306 e. The van der Waals surface area contributed by atoms with Crippen LogP contribution in [-0.4, -0.2) is 41.6 Å². The number of benzene rings is 1. The molecule has 1 aromatic rings. The fourth-order valence-corrected chi connectivity index (χ4v) is 2.44. The molecule has 0 spiro atoms. The van der Waals surface area contributed by atoms with E-state index in [1.807, 2.05) is 24.3 Å². The van der Waals surface area contributed by atoms with Gasteiger partial charge in [0.1, 0.15) is 5.75 Å². The molecule has 5 nitrogen and oxygen atoms in total. The van der Waals surface area contributed by atoms with Crippen LogP contribution in [-0.2, 0) is 9.59 Å². The lowest BCUT2D eigenvalue weighted by atomic mass is 9.87. The Kier molecular flexibility index (Phi) is 5.22. The zero-order valence-corrected chi connectivity index (χ0v) is 13.4. The van der Waals surface area contributed by atoms with E-state index >= 15 is 0 Å². The van der Waals surface area contributed by atoms with E-state index in [9.17, 15) is 9.59 Å². The van der Waals surface area contributed by atoms with Crippen molar-refractivity contribution in [1.29, 1.82) is 0 Å². The van der Waals surface area contributed by atoms with E-state index in [0.717, 1.165) is 10.2 Å². The van der Waals surface area contributed by atoms with Crippen LogP contribution in [0.3, 0.4) is 0 Å². The maximum absolute atomic E-state index is 11.9. The molecule has 6 heteroatoms. The number of ether oxygens (including phenoxy) is 1. The summed E-state index contributed by atoms with van der Waals surface area (Å²) in [7, 11) is 0. The lowest BCUT2D eigenvalue weighted by Gasteiger charge is -2.41. The van der Waals surface area contributed by atoms with E-state index in [-0.39, 0.29) is 11.8 Å². The summed E-state index contributed by atoms with van der Waals surface area (Å²) in [5, 5.41) is 8.90. The van der Waals surface area contributed by atoms with E-state index in [1.54, 1.807) is 11.8 Å². The Balaban J connectivity index is 1.67. The number of carbonyl (C=O) groups is 2. The van der Waals surface area contributed by atoms with Gasteiger partial charge in [0.15, 0.2) is 0 Å². The van der Waals surface area contributed by atoms with Gasteiger partial charge in [0.2, 0.25) is 5.91 Å². The number of rotatable bonds is 6. The van der Waals surface area contributed by atoms with Crippen molar-refractivity contribution in [3.63, 3.8) is 0 Å². The molecule has 1 N–H and O–H groups in total. The molecule has 114 valence electrons. The molecular weight excluding hydrogens is 338 g/mol. The van der Waals surface area contributed by atoms with E-state index in [1.165, 1.54) is 0 Å². The van der Waals surface area contributed by atoms with Crippen LogP contribution in [0.5, 0.6) is 5.75 Å². The number of amides is 1. The summed E-state index contributed by atoms with van der Waals surface area (Å²) in [6, 6.07) is 7.43. The normalized spacial score (nSPS) is 16.2. The molecule has 1 unspecified atom stereocenters. The first-order chi connectivity index (χ1) is 9.97. The first-order valence-corrected chi connectivity index (χ1v) is 7.65. The van der Waals surface area contributed by atoms with Crippen molar-refractivity contribution in [2.24, 2.45) is 11.8 Å². The topological polar surface area (TPSA) is 66.8 Å². The number of halogens is 1. The van der Waals surface area contributed by atoms with Gasteiger partial charge in [-0.2, -0.15) is 0 Å². The predicted molar refractivity (Wildman–Crippen MR) is 81.1 cm³/mol. The summed E-state index contributed by atoms with van der Waals surface area (Å²) in [5.74, 6) is -0.384. The Hall–Kier alpha value is -1.56. The molecule has 0 saturated carbocycles. The standard InChI is InChI=1S/C15H18BrNO4/c1-10(15(19)20)11-8-17(9-11)14(18)6-7-21-13-4-2-12(16)3-5-13/h2-5,10-11H,6-9H2,1H3,(H,19,20). The zero-order chi connectivity index (χ0) is 15.4. The fraction of sp³-hybridized carbons (Fsp3) is 0.467. The van der Waals surface area contributed by atoms with Gasteiger partial charge < -0.3 is 14.7 Å². The van der Waals surface area contributed by atoms with E-state index in [2.05, 4.69) is 15.9 Å². The van der Waals surface area contributed by atoms with Gasteiger partial charge in [-0.3, -0.25) is 9.59 Å². The number of carboxylic acid groups (broad SMARTS) is 1. The number of hydrogen-bond acceptors (Lipinski definition) is 3. The predicted octanol–water partition coefficient (Wildman–Crippen LogP) is 2.40. The minimum absolute atomic E-state index is 0.0148. The van der Waals surface area contributed by atoms with Gasteiger partial charge in [-0.05, 0) is 24.3 Å². The molecular formula is C15H18BrNO4. The highest BCUT2D eigenvalue weighted by atomic mass is 79.9. The Morgan fingerprint density at radius 3 is 2.57 bits per heavy atom. The lowest BCUT2D eigenvalue weighted by molar-refractivity contribution is -0.150. The first-order valence-electron chi connectivity index (χ1n) is 6.86. The van der Waals surface area contributed by atoms with Crippen molar-refractivity contribution in [1.82, 2.24) is 4.90 Å². The molecule has 1 amide bonds. The van der Waals surface area contributed by atoms with E-state index in [4.69, 9.17) is 9.84 Å². The molecule has 21 heavy (non-hydrogen) atoms. The van der Waals surface area contributed by atoms with Gasteiger partial charge in [0, 0.05) is 23.5 Å². The number of carboxylic acids is 1. The van der Waals surface area contributed by atoms with Crippen LogP contribution >= 0.6 is 15.9 Å². The molecule has 0 bridgehead atoms. The van der Waals surface area contributed by atoms with Crippen molar-refractivity contribution in [3.05, 3.63) is 28.7 Å². The van der Waals surface area contributed by atoms with Gasteiger partial charge in [0.25, 0.3) is 0 Å². The number of hydrogen-bond donors (Lipinski definition) is 1. The van der Waals surface area contributed by atoms with Crippen molar-refractivity contribution in [3.8, 4) is 5.75 Å². The third kappa shape index (κ3) is 4.20. The highest BCUT2D eigenvalue weighted by Gasteiger charge is 2.36. The number of likely N-dealkylation sites (tertiary alicyclic amines) is 1. The minimum Gasteiger partial charge on any atom is -0.493 e. The minimum atomic E-state index is -0.800. The molecule has 1 aromatic carbocycles. The maximum Gasteiger partial charge on any atom is 0.306 e. The Morgan fingerprint density at radius 1 is 1.38 bits per heavy atom. The highest BCUT2D eigenvalue weighted by Crippen LogP contribution is 2.24. The first kappa shape index (κ1) is 15.8. The molecule has 2 rings (SSSR count). The van der Waals surface area contributed by atoms with Crippen LogP contribution in [0, 0.1) is 11.8 Å². The number of carbonyl (C=O) groups excluding carboxylic acids is 1. The molecule has 1 fully saturated rings. The Morgan fingerprint density at radius 2 is 2.00 bits per heavy atom. The summed E-state index contributed by atoms with van der Waals surface area (Å²) in [6.07, 6.45) is 0.310. The van der Waals surface area contributed by atoms with Gasteiger partial charge in [-0.1, -0.05) is 22.9 Å². The van der Waals surface area contributed by atoms with Crippen molar-refractivity contribution < 1.29 is 19.4 Å². The summed E-state index contributed by atoms with van der Waals surface area (Å²) in [5.41, 5.74) is 0. The van der Waals surface area contributed by atoms with Crippen LogP contribution in [0.15, 0.2) is 28.7 Å². The van der Waals surface area contributed by atoms with Gasteiger partial charge in [-0.15, -0.1) is 0 Å². The average Bonchev–Trinajstić information content (AvgIpc) is 2.39. The second-order valence-electron chi connectivity index (χ2n) is 5.24. The van der Waals surface area contributed by atoms with Crippen LogP contribution in [0.2, 0.25) is 0 Å². The number of aliphatic carboxylic acids is 1. The van der Waals surface area contributed by atoms with E-state index in [0.29, 0.717) is 26.1 Å². The lowest BCUT2D eigenvalue weighted by Crippen LogP contribution is -2.53. The molecule has 0 radical (unpaired) electrons. The van der Waals surface area contributed by atoms with Crippen LogP contribution < -0.4 is 4.74 Å². The molecule has 0 aliphatic carbocycles. The molecule has 1 heterocycles. The van der Waals surface area contributed by atoms with Crippen molar-refractivity contribution in [2.45, 2.75) is 13.3 Å². The SMILES string of the molecule is CC(C(=O)O)C1CN(C(=O)CCOc2ccc(Br)cc2)C1.